The number of nitrogens with one attached hydrogen (secondary N) is 1. The first kappa shape index (κ1) is 11.7. The lowest BCUT2D eigenvalue weighted by atomic mass is 10.5. The fourth-order valence-corrected chi connectivity index (χ4v) is 1.55. The molecule has 0 aliphatic heterocycles. The first-order valence-corrected chi connectivity index (χ1v) is 5.34. The highest BCUT2D eigenvalue weighted by molar-refractivity contribution is 7.99. The van der Waals surface area contributed by atoms with E-state index in [9.17, 15) is 4.79 Å². The summed E-state index contributed by atoms with van der Waals surface area (Å²) in [5.41, 5.74) is 3.18. The summed E-state index contributed by atoms with van der Waals surface area (Å²) in [6.07, 6.45) is 3.15. The first-order valence-electron chi connectivity index (χ1n) is 4.18. The molecule has 82 valence electrons. The number of ether oxygens (including phenoxy) is 1. The summed E-state index contributed by atoms with van der Waals surface area (Å²) in [7, 11) is 1.37. The van der Waals surface area contributed by atoms with Crippen molar-refractivity contribution in [3.63, 3.8) is 0 Å². The van der Waals surface area contributed by atoms with Crippen molar-refractivity contribution in [3.05, 3.63) is 18.1 Å². The fourth-order valence-electron chi connectivity index (χ4n) is 0.802. The average Bonchev–Trinajstić information content (AvgIpc) is 2.29. The van der Waals surface area contributed by atoms with Crippen LogP contribution >= 0.6 is 11.8 Å². The third-order valence-electron chi connectivity index (χ3n) is 1.55. The SMILES string of the molecule is COC(=O)CSCc1cnc(NN)cn1. The Morgan fingerprint density at radius 1 is 1.60 bits per heavy atom. The number of nitrogens with two attached hydrogens (primary N) is 1. The van der Waals surface area contributed by atoms with Crippen LogP contribution in [0.4, 0.5) is 5.82 Å². The molecule has 0 aromatic carbocycles. The van der Waals surface area contributed by atoms with Gasteiger partial charge in [0.15, 0.2) is 5.82 Å². The molecule has 15 heavy (non-hydrogen) atoms. The minimum absolute atomic E-state index is 0.242. The Balaban J connectivity index is 2.34. The first-order chi connectivity index (χ1) is 7.26. The van der Waals surface area contributed by atoms with Crippen molar-refractivity contribution < 1.29 is 9.53 Å². The standard InChI is InChI=1S/C8H12N4O2S/c1-14-8(13)5-15-4-6-2-11-7(12-9)3-10-6/h2-3H,4-5,9H2,1H3,(H,11,12). The number of esters is 1. The van der Waals surface area contributed by atoms with Crippen LogP contribution in [0.2, 0.25) is 0 Å². The van der Waals surface area contributed by atoms with E-state index in [2.05, 4.69) is 20.1 Å². The number of methoxy groups -OCH3 is 1. The van der Waals surface area contributed by atoms with Crippen molar-refractivity contribution in [1.82, 2.24) is 9.97 Å². The molecule has 3 N–H and O–H groups in total. The molecule has 0 saturated carbocycles. The van der Waals surface area contributed by atoms with Gasteiger partial charge in [-0.15, -0.1) is 11.8 Å². The van der Waals surface area contributed by atoms with E-state index >= 15 is 0 Å². The van der Waals surface area contributed by atoms with E-state index < -0.39 is 0 Å². The van der Waals surface area contributed by atoms with Gasteiger partial charge in [0.25, 0.3) is 0 Å². The van der Waals surface area contributed by atoms with E-state index in [1.54, 1.807) is 6.20 Å². The predicted molar refractivity (Wildman–Crippen MR) is 58.0 cm³/mol. The van der Waals surface area contributed by atoms with E-state index in [0.717, 1.165) is 5.69 Å². The second-order valence-electron chi connectivity index (χ2n) is 2.61. The number of hydrazine groups is 1. The quantitative estimate of drug-likeness (QED) is 0.421. The molecule has 1 heterocycles. The highest BCUT2D eigenvalue weighted by atomic mass is 32.2. The van der Waals surface area contributed by atoms with Gasteiger partial charge >= 0.3 is 5.97 Å². The number of nitrogen functional groups attached to an aromatic ring is 1. The lowest BCUT2D eigenvalue weighted by Gasteiger charge is -2.01. The molecule has 0 unspecified atom stereocenters. The number of hydrogen-bond acceptors (Lipinski definition) is 7. The third kappa shape index (κ3) is 4.13. The van der Waals surface area contributed by atoms with Crippen molar-refractivity contribution in [3.8, 4) is 0 Å². The Bertz CT molecular complexity index is 317. The zero-order valence-electron chi connectivity index (χ0n) is 8.27. The van der Waals surface area contributed by atoms with Crippen LogP contribution in [-0.2, 0) is 15.3 Å². The lowest BCUT2D eigenvalue weighted by molar-refractivity contribution is -0.137. The van der Waals surface area contributed by atoms with Crippen LogP contribution in [0.3, 0.4) is 0 Å². The lowest BCUT2D eigenvalue weighted by Crippen LogP contribution is -2.09. The Labute approximate surface area is 91.6 Å². The maximum absolute atomic E-state index is 10.8. The van der Waals surface area contributed by atoms with Crippen molar-refractivity contribution in [1.29, 1.82) is 0 Å². The van der Waals surface area contributed by atoms with Gasteiger partial charge < -0.3 is 10.2 Å². The van der Waals surface area contributed by atoms with E-state index in [-0.39, 0.29) is 5.97 Å². The van der Waals surface area contributed by atoms with Crippen LogP contribution in [0.1, 0.15) is 5.69 Å². The monoisotopic (exact) mass is 228 g/mol. The number of anilines is 1. The summed E-state index contributed by atoms with van der Waals surface area (Å²) in [5, 5.41) is 0. The van der Waals surface area contributed by atoms with E-state index in [1.165, 1.54) is 25.1 Å². The van der Waals surface area contributed by atoms with Crippen molar-refractivity contribution >= 4 is 23.5 Å². The number of thioether (sulfide) groups is 1. The molecule has 0 bridgehead atoms. The van der Waals surface area contributed by atoms with Gasteiger partial charge in [-0.05, 0) is 0 Å². The highest BCUT2D eigenvalue weighted by Gasteiger charge is 2.01. The maximum Gasteiger partial charge on any atom is 0.315 e. The number of carbonyl (C=O) groups excluding carboxylic acids is 1. The largest absolute Gasteiger partial charge is 0.468 e. The minimum Gasteiger partial charge on any atom is -0.468 e. The Kier molecular flexibility index (Phi) is 4.85. The van der Waals surface area contributed by atoms with Gasteiger partial charge in [-0.25, -0.2) is 10.8 Å². The van der Waals surface area contributed by atoms with Gasteiger partial charge in [-0.1, -0.05) is 0 Å². The van der Waals surface area contributed by atoms with E-state index in [1.807, 2.05) is 0 Å². The van der Waals surface area contributed by atoms with Gasteiger partial charge in [0.2, 0.25) is 0 Å². The second kappa shape index (κ2) is 6.20. The second-order valence-corrected chi connectivity index (χ2v) is 3.59. The summed E-state index contributed by atoms with van der Waals surface area (Å²) in [5.74, 6) is 6.34. The normalized spacial score (nSPS) is 9.73. The minimum atomic E-state index is -0.242. The number of aromatic nitrogens is 2. The molecular weight excluding hydrogens is 216 g/mol. The van der Waals surface area contributed by atoms with Gasteiger partial charge in [0.1, 0.15) is 0 Å². The summed E-state index contributed by atoms with van der Waals surface area (Å²) in [4.78, 5) is 18.9. The van der Waals surface area contributed by atoms with Crippen LogP contribution in [0.25, 0.3) is 0 Å². The third-order valence-corrected chi connectivity index (χ3v) is 2.49. The molecule has 0 amide bonds. The summed E-state index contributed by atoms with van der Waals surface area (Å²) in [6.45, 7) is 0. The van der Waals surface area contributed by atoms with Crippen molar-refractivity contribution in [2.75, 3.05) is 18.3 Å². The maximum atomic E-state index is 10.8. The molecule has 6 nitrogen and oxygen atoms in total. The molecule has 0 saturated heterocycles. The van der Waals surface area contributed by atoms with Crippen LogP contribution < -0.4 is 11.3 Å². The molecule has 7 heteroatoms. The molecule has 0 spiro atoms. The van der Waals surface area contributed by atoms with Crippen LogP contribution in [0.15, 0.2) is 12.4 Å². The van der Waals surface area contributed by atoms with Crippen LogP contribution in [0.5, 0.6) is 0 Å². The average molecular weight is 228 g/mol. The Morgan fingerprint density at radius 2 is 2.40 bits per heavy atom. The topological polar surface area (TPSA) is 90.1 Å². The molecule has 1 rings (SSSR count). The summed E-state index contributed by atoms with van der Waals surface area (Å²) >= 11 is 1.42. The molecule has 0 radical (unpaired) electrons. The number of hydrogen-bond donors (Lipinski definition) is 2. The van der Waals surface area contributed by atoms with Gasteiger partial charge in [-0.2, -0.15) is 0 Å². The highest BCUT2D eigenvalue weighted by Crippen LogP contribution is 2.10. The molecule has 0 aliphatic rings. The Morgan fingerprint density at radius 3 is 2.93 bits per heavy atom. The number of rotatable bonds is 5. The molecule has 0 fully saturated rings. The van der Waals surface area contributed by atoms with Gasteiger partial charge in [-0.3, -0.25) is 9.78 Å². The number of nitrogens with zero attached hydrogens (tertiary/aromatic N) is 2. The van der Waals surface area contributed by atoms with Crippen LogP contribution in [-0.4, -0.2) is 28.8 Å². The molecule has 1 aromatic heterocycles. The smallest absolute Gasteiger partial charge is 0.315 e. The van der Waals surface area contributed by atoms with Crippen molar-refractivity contribution in [2.24, 2.45) is 5.84 Å². The summed E-state index contributed by atoms with van der Waals surface area (Å²) < 4.78 is 4.50. The van der Waals surface area contributed by atoms with E-state index in [0.29, 0.717) is 17.3 Å². The van der Waals surface area contributed by atoms with Crippen molar-refractivity contribution in [2.45, 2.75) is 5.75 Å². The molecule has 0 atom stereocenters. The fraction of sp³-hybridized carbons (Fsp3) is 0.375. The Hall–Kier alpha value is -1.34. The molecular formula is C8H12N4O2S. The summed E-state index contributed by atoms with van der Waals surface area (Å²) in [6, 6.07) is 0. The number of carbonyl (C=O) groups is 1. The zero-order valence-corrected chi connectivity index (χ0v) is 9.08. The molecule has 0 aliphatic carbocycles. The van der Waals surface area contributed by atoms with Crippen LogP contribution in [0, 0.1) is 0 Å². The zero-order chi connectivity index (χ0) is 11.1. The predicted octanol–water partition coefficient (Wildman–Crippen LogP) is 0.168. The van der Waals surface area contributed by atoms with Gasteiger partial charge in [0.05, 0.1) is 31.0 Å². The van der Waals surface area contributed by atoms with E-state index in [4.69, 9.17) is 5.84 Å². The van der Waals surface area contributed by atoms with Gasteiger partial charge in [0, 0.05) is 5.75 Å². The molecule has 1 aromatic rings.